The molecule has 1 aromatic heterocycles. The van der Waals surface area contributed by atoms with E-state index >= 15 is 0 Å². The van der Waals surface area contributed by atoms with Crippen LogP contribution in [0.25, 0.3) is 0 Å². The first-order chi connectivity index (χ1) is 8.33. The van der Waals surface area contributed by atoms with Gasteiger partial charge in [-0.25, -0.2) is 0 Å². The van der Waals surface area contributed by atoms with Crippen LogP contribution in [0.3, 0.4) is 0 Å². The number of carbonyl (C=O) groups excluding carboxylic acids is 1. The molecule has 3 rings (SSSR count). The highest BCUT2D eigenvalue weighted by Crippen LogP contribution is 2.36. The third kappa shape index (κ3) is 2.31. The minimum Gasteiger partial charge on any atom is -0.352 e. The van der Waals surface area contributed by atoms with Crippen LogP contribution in [0.4, 0.5) is 0 Å². The molecule has 0 bridgehead atoms. The fourth-order valence-electron chi connectivity index (χ4n) is 2.83. The van der Waals surface area contributed by atoms with Crippen molar-refractivity contribution in [2.45, 2.75) is 48.4 Å². The number of hydrogen-bond donors (Lipinski definition) is 2. The van der Waals surface area contributed by atoms with Crippen LogP contribution >= 0.6 is 11.8 Å². The Morgan fingerprint density at radius 3 is 3.06 bits per heavy atom. The summed E-state index contributed by atoms with van der Waals surface area (Å²) >= 11 is 1.52. The highest BCUT2D eigenvalue weighted by molar-refractivity contribution is 8.00. The summed E-state index contributed by atoms with van der Waals surface area (Å²) < 4.78 is 0. The van der Waals surface area contributed by atoms with Crippen molar-refractivity contribution in [3.63, 3.8) is 0 Å². The van der Waals surface area contributed by atoms with E-state index < -0.39 is 0 Å². The van der Waals surface area contributed by atoms with Crippen LogP contribution in [0.1, 0.15) is 32.1 Å². The van der Waals surface area contributed by atoms with Gasteiger partial charge in [-0.15, -0.1) is 5.10 Å². The average Bonchev–Trinajstić information content (AvgIpc) is 2.83. The molecule has 92 valence electrons. The summed E-state index contributed by atoms with van der Waals surface area (Å²) in [7, 11) is 0. The standard InChI is InChI=1S/C11H16N4OS/c16-11-9(17-10-6-12-15-14-10)5-7-3-1-2-4-8(7)13-11/h6-9H,1-5H2,(H,13,16)(H,12,14,15). The number of hydrogen-bond acceptors (Lipinski definition) is 4. The first-order valence-electron chi connectivity index (χ1n) is 6.16. The lowest BCUT2D eigenvalue weighted by atomic mass is 9.79. The van der Waals surface area contributed by atoms with E-state index in [4.69, 9.17) is 0 Å². The largest absolute Gasteiger partial charge is 0.352 e. The van der Waals surface area contributed by atoms with Gasteiger partial charge in [0, 0.05) is 6.04 Å². The average molecular weight is 252 g/mol. The first kappa shape index (κ1) is 11.1. The number of piperidine rings is 1. The normalized spacial score (nSPS) is 32.9. The monoisotopic (exact) mass is 252 g/mol. The van der Waals surface area contributed by atoms with Crippen LogP contribution in [-0.2, 0) is 4.79 Å². The van der Waals surface area contributed by atoms with Crippen molar-refractivity contribution < 1.29 is 4.79 Å². The number of H-pyrrole nitrogens is 1. The number of thioether (sulfide) groups is 1. The second kappa shape index (κ2) is 4.68. The summed E-state index contributed by atoms with van der Waals surface area (Å²) in [5.41, 5.74) is 0. The van der Waals surface area contributed by atoms with Gasteiger partial charge in [-0.2, -0.15) is 10.3 Å². The molecule has 0 aromatic carbocycles. The molecule has 6 heteroatoms. The van der Waals surface area contributed by atoms with Crippen molar-refractivity contribution in [1.82, 2.24) is 20.7 Å². The molecule has 2 aliphatic rings. The zero-order chi connectivity index (χ0) is 11.7. The van der Waals surface area contributed by atoms with Gasteiger partial charge in [-0.05, 0) is 25.2 Å². The van der Waals surface area contributed by atoms with E-state index in [1.807, 2.05) is 0 Å². The lowest BCUT2D eigenvalue weighted by Gasteiger charge is -2.38. The lowest BCUT2D eigenvalue weighted by Crippen LogP contribution is -2.51. The summed E-state index contributed by atoms with van der Waals surface area (Å²) in [5, 5.41) is 14.3. The van der Waals surface area contributed by atoms with Gasteiger partial charge in [0.2, 0.25) is 5.91 Å². The van der Waals surface area contributed by atoms with Gasteiger partial charge in [-0.3, -0.25) is 4.79 Å². The lowest BCUT2D eigenvalue weighted by molar-refractivity contribution is -0.124. The number of nitrogens with one attached hydrogen (secondary N) is 2. The molecule has 2 fully saturated rings. The zero-order valence-electron chi connectivity index (χ0n) is 9.56. The van der Waals surface area contributed by atoms with E-state index in [9.17, 15) is 4.79 Å². The molecule has 2 heterocycles. The second-order valence-corrected chi connectivity index (χ2v) is 6.03. The molecule has 3 unspecified atom stereocenters. The van der Waals surface area contributed by atoms with E-state index in [-0.39, 0.29) is 11.2 Å². The highest BCUT2D eigenvalue weighted by Gasteiger charge is 2.37. The Bertz CT molecular complexity index is 394. The number of rotatable bonds is 2. The molecule has 1 aliphatic carbocycles. The smallest absolute Gasteiger partial charge is 0.233 e. The summed E-state index contributed by atoms with van der Waals surface area (Å²) in [5.74, 6) is 0.826. The highest BCUT2D eigenvalue weighted by atomic mass is 32.2. The van der Waals surface area contributed by atoms with Crippen LogP contribution < -0.4 is 5.32 Å². The number of fused-ring (bicyclic) bond motifs is 1. The Kier molecular flexibility index (Phi) is 3.05. The van der Waals surface area contributed by atoms with Crippen molar-refractivity contribution in [1.29, 1.82) is 0 Å². The minimum absolute atomic E-state index is 0.000509. The molecule has 1 amide bonds. The predicted molar refractivity (Wildman–Crippen MR) is 64.5 cm³/mol. The van der Waals surface area contributed by atoms with E-state index in [2.05, 4.69) is 20.7 Å². The van der Waals surface area contributed by atoms with Gasteiger partial charge >= 0.3 is 0 Å². The van der Waals surface area contributed by atoms with Crippen molar-refractivity contribution >= 4 is 17.7 Å². The minimum atomic E-state index is -0.000509. The van der Waals surface area contributed by atoms with Crippen LogP contribution in [0, 0.1) is 5.92 Å². The molecular formula is C11H16N4OS. The van der Waals surface area contributed by atoms with E-state index in [1.165, 1.54) is 31.0 Å². The summed E-state index contributed by atoms with van der Waals surface area (Å²) in [6, 6.07) is 0.422. The fourth-order valence-corrected chi connectivity index (χ4v) is 3.85. The third-order valence-corrected chi connectivity index (χ3v) is 4.83. The van der Waals surface area contributed by atoms with Gasteiger partial charge in [0.15, 0.2) is 0 Å². The molecular weight excluding hydrogens is 236 g/mol. The Hall–Kier alpha value is -1.04. The number of amides is 1. The number of carbonyl (C=O) groups is 1. The van der Waals surface area contributed by atoms with Crippen molar-refractivity contribution in [2.75, 3.05) is 0 Å². The Labute approximate surface area is 104 Å². The van der Waals surface area contributed by atoms with Gasteiger partial charge < -0.3 is 5.32 Å². The Balaban J connectivity index is 1.67. The quantitative estimate of drug-likeness (QED) is 0.833. The van der Waals surface area contributed by atoms with E-state index in [1.54, 1.807) is 6.20 Å². The van der Waals surface area contributed by atoms with Gasteiger partial charge in [0.25, 0.3) is 0 Å². The third-order valence-electron chi connectivity index (χ3n) is 3.70. The Morgan fingerprint density at radius 1 is 1.35 bits per heavy atom. The maximum Gasteiger partial charge on any atom is 0.233 e. The SMILES string of the molecule is O=C1NC2CCCCC2CC1Sc1cn[nH]n1. The van der Waals surface area contributed by atoms with E-state index in [0.717, 1.165) is 17.9 Å². The maximum absolute atomic E-state index is 12.0. The van der Waals surface area contributed by atoms with Crippen molar-refractivity contribution in [2.24, 2.45) is 5.92 Å². The van der Waals surface area contributed by atoms with Crippen LogP contribution in [0.15, 0.2) is 11.2 Å². The van der Waals surface area contributed by atoms with Gasteiger partial charge in [-0.1, -0.05) is 24.6 Å². The first-order valence-corrected chi connectivity index (χ1v) is 7.03. The molecule has 2 N–H and O–H groups in total. The summed E-state index contributed by atoms with van der Waals surface area (Å²) in [6.07, 6.45) is 7.61. The topological polar surface area (TPSA) is 70.7 Å². The summed E-state index contributed by atoms with van der Waals surface area (Å²) in [6.45, 7) is 0. The van der Waals surface area contributed by atoms with E-state index in [0.29, 0.717) is 12.0 Å². The predicted octanol–water partition coefficient (Wildman–Crippen LogP) is 1.34. The second-order valence-electron chi connectivity index (χ2n) is 4.81. The van der Waals surface area contributed by atoms with Crippen LogP contribution in [0.2, 0.25) is 0 Å². The van der Waals surface area contributed by atoms with Crippen LogP contribution in [-0.4, -0.2) is 32.6 Å². The number of nitrogens with zero attached hydrogens (tertiary/aromatic N) is 2. The molecule has 1 saturated heterocycles. The molecule has 0 spiro atoms. The fraction of sp³-hybridized carbons (Fsp3) is 0.727. The molecule has 17 heavy (non-hydrogen) atoms. The molecule has 0 radical (unpaired) electrons. The number of aromatic nitrogens is 3. The molecule has 5 nitrogen and oxygen atoms in total. The summed E-state index contributed by atoms with van der Waals surface area (Å²) in [4.78, 5) is 12.0. The Morgan fingerprint density at radius 2 is 2.24 bits per heavy atom. The number of aromatic amines is 1. The van der Waals surface area contributed by atoms with Crippen molar-refractivity contribution in [3.05, 3.63) is 6.20 Å². The maximum atomic E-state index is 12.0. The zero-order valence-corrected chi connectivity index (χ0v) is 10.4. The van der Waals surface area contributed by atoms with Crippen molar-refractivity contribution in [3.8, 4) is 0 Å². The molecule has 3 atom stereocenters. The van der Waals surface area contributed by atoms with Gasteiger partial charge in [0.1, 0.15) is 5.03 Å². The molecule has 1 saturated carbocycles. The van der Waals surface area contributed by atoms with Crippen LogP contribution in [0.5, 0.6) is 0 Å². The molecule has 1 aliphatic heterocycles. The molecule has 1 aromatic rings. The van der Waals surface area contributed by atoms with Gasteiger partial charge in [0.05, 0.1) is 11.4 Å².